The Balaban J connectivity index is 1.59. The van der Waals surface area contributed by atoms with Crippen LogP contribution in [0.3, 0.4) is 0 Å². The van der Waals surface area contributed by atoms with Crippen molar-refractivity contribution in [3.05, 3.63) is 45.8 Å². The molecule has 6 nitrogen and oxygen atoms in total. The van der Waals surface area contributed by atoms with Crippen molar-refractivity contribution in [2.45, 2.75) is 26.2 Å². The molecule has 0 unspecified atom stereocenters. The van der Waals surface area contributed by atoms with Gasteiger partial charge in [-0.3, -0.25) is 10.1 Å². The summed E-state index contributed by atoms with van der Waals surface area (Å²) >= 11 is 6.80. The maximum atomic E-state index is 12.5. The van der Waals surface area contributed by atoms with Gasteiger partial charge in [-0.1, -0.05) is 6.07 Å². The number of rotatable bonds is 7. The summed E-state index contributed by atoms with van der Waals surface area (Å²) in [7, 11) is 0. The van der Waals surface area contributed by atoms with Crippen molar-refractivity contribution >= 4 is 39.6 Å². The molecule has 1 aromatic carbocycles. The second-order valence-corrected chi connectivity index (χ2v) is 7.67. The third-order valence-corrected chi connectivity index (χ3v) is 5.70. The van der Waals surface area contributed by atoms with Gasteiger partial charge in [-0.25, -0.2) is 0 Å². The van der Waals surface area contributed by atoms with Crippen LogP contribution in [0.1, 0.15) is 39.7 Å². The average molecular weight is 416 g/mol. The van der Waals surface area contributed by atoms with Gasteiger partial charge in [-0.2, -0.15) is 5.26 Å². The number of thiocarbonyl (C=S) groups is 1. The third-order valence-electron chi connectivity index (χ3n) is 4.28. The van der Waals surface area contributed by atoms with E-state index < -0.39 is 0 Å². The molecule has 0 fully saturated rings. The van der Waals surface area contributed by atoms with Gasteiger partial charge in [0.15, 0.2) is 5.11 Å². The lowest BCUT2D eigenvalue weighted by atomic mass is 10.1. The number of ether oxygens (including phenoxy) is 2. The predicted molar refractivity (Wildman–Crippen MR) is 113 cm³/mol. The number of thiophene rings is 1. The number of nitrogens with zero attached hydrogens (tertiary/aromatic N) is 1. The Hall–Kier alpha value is -2.47. The van der Waals surface area contributed by atoms with Crippen LogP contribution in [0.4, 0.5) is 5.00 Å². The van der Waals surface area contributed by atoms with E-state index in [4.69, 9.17) is 21.7 Å². The molecule has 1 amide bonds. The molecule has 1 aliphatic rings. The topological polar surface area (TPSA) is 83.4 Å². The van der Waals surface area contributed by atoms with Gasteiger partial charge in [0, 0.05) is 17.0 Å². The van der Waals surface area contributed by atoms with E-state index in [1.807, 2.05) is 6.92 Å². The quantitative estimate of drug-likeness (QED) is 0.531. The first-order valence-electron chi connectivity index (χ1n) is 9.10. The molecule has 28 heavy (non-hydrogen) atoms. The molecule has 8 heteroatoms. The fourth-order valence-corrected chi connectivity index (χ4v) is 4.51. The van der Waals surface area contributed by atoms with E-state index in [9.17, 15) is 10.1 Å². The molecular formula is C20H21N3O3S2. The maximum absolute atomic E-state index is 12.5. The number of carbonyl (C=O) groups excluding carboxylic acids is 1. The number of benzene rings is 1. The van der Waals surface area contributed by atoms with E-state index >= 15 is 0 Å². The molecule has 1 aliphatic carbocycles. The highest BCUT2D eigenvalue weighted by molar-refractivity contribution is 7.80. The lowest BCUT2D eigenvalue weighted by Crippen LogP contribution is -2.34. The zero-order valence-electron chi connectivity index (χ0n) is 15.5. The van der Waals surface area contributed by atoms with E-state index in [2.05, 4.69) is 16.7 Å². The van der Waals surface area contributed by atoms with Gasteiger partial charge < -0.3 is 14.8 Å². The summed E-state index contributed by atoms with van der Waals surface area (Å²) in [6.45, 7) is 3.47. The molecular weight excluding hydrogens is 394 g/mol. The van der Waals surface area contributed by atoms with Gasteiger partial charge >= 0.3 is 0 Å². The van der Waals surface area contributed by atoms with Crippen LogP contribution < -0.4 is 15.4 Å². The van der Waals surface area contributed by atoms with Crippen LogP contribution >= 0.6 is 23.6 Å². The number of anilines is 1. The molecule has 0 saturated carbocycles. The van der Waals surface area contributed by atoms with Crippen LogP contribution in [0.15, 0.2) is 24.3 Å². The number of hydrogen-bond acceptors (Lipinski definition) is 6. The molecule has 146 valence electrons. The first-order valence-corrected chi connectivity index (χ1v) is 10.3. The number of amides is 1. The second kappa shape index (κ2) is 9.64. The highest BCUT2D eigenvalue weighted by atomic mass is 32.1. The minimum Gasteiger partial charge on any atom is -0.491 e. The van der Waals surface area contributed by atoms with E-state index in [-0.39, 0.29) is 11.0 Å². The molecule has 0 aliphatic heterocycles. The highest BCUT2D eigenvalue weighted by Crippen LogP contribution is 2.38. The van der Waals surface area contributed by atoms with Crippen molar-refractivity contribution in [1.29, 1.82) is 5.26 Å². The first-order chi connectivity index (χ1) is 13.6. The molecule has 1 aromatic heterocycles. The second-order valence-electron chi connectivity index (χ2n) is 6.15. The van der Waals surface area contributed by atoms with Crippen LogP contribution in [-0.2, 0) is 17.6 Å². The summed E-state index contributed by atoms with van der Waals surface area (Å²) in [5.41, 5.74) is 2.19. The fourth-order valence-electron chi connectivity index (χ4n) is 3.01. The lowest BCUT2D eigenvalue weighted by Gasteiger charge is -2.10. The molecule has 0 atom stereocenters. The Morgan fingerprint density at radius 1 is 1.36 bits per heavy atom. The monoisotopic (exact) mass is 415 g/mol. The summed E-state index contributed by atoms with van der Waals surface area (Å²) in [5, 5.41) is 16.0. The third kappa shape index (κ3) is 4.87. The smallest absolute Gasteiger partial charge is 0.257 e. The summed E-state index contributed by atoms with van der Waals surface area (Å²) < 4.78 is 10.8. The molecule has 0 saturated heterocycles. The lowest BCUT2D eigenvalue weighted by molar-refractivity contribution is 0.0976. The van der Waals surface area contributed by atoms with Crippen LogP contribution in [0, 0.1) is 11.3 Å². The number of nitrogens with one attached hydrogen (secondary N) is 2. The van der Waals surface area contributed by atoms with E-state index in [1.165, 1.54) is 16.2 Å². The van der Waals surface area contributed by atoms with Crippen LogP contribution in [0.2, 0.25) is 0 Å². The standard InChI is InChI=1S/C20H21N3O3S2/c1-2-25-9-10-26-14-6-3-5-13(11-14)18(24)22-20(27)23-19-16(12-21)15-7-4-8-17(15)28-19/h3,5-6,11H,2,4,7-10H2,1H3,(H2,22,23,24,27). The van der Waals surface area contributed by atoms with Gasteiger partial charge in [-0.15, -0.1) is 11.3 Å². The van der Waals surface area contributed by atoms with Crippen molar-refractivity contribution in [1.82, 2.24) is 5.32 Å². The van der Waals surface area contributed by atoms with Gasteiger partial charge in [0.1, 0.15) is 23.4 Å². The number of carbonyl (C=O) groups is 1. The van der Waals surface area contributed by atoms with Gasteiger partial charge in [0.05, 0.1) is 12.2 Å². The summed E-state index contributed by atoms with van der Waals surface area (Å²) in [4.78, 5) is 13.7. The molecule has 0 bridgehead atoms. The Kier molecular flexibility index (Phi) is 6.98. The molecule has 0 spiro atoms. The predicted octanol–water partition coefficient (Wildman–Crippen LogP) is 3.65. The Labute approximate surface area is 173 Å². The van der Waals surface area contributed by atoms with Crippen molar-refractivity contribution in [2.75, 3.05) is 25.1 Å². The maximum Gasteiger partial charge on any atom is 0.257 e. The Morgan fingerprint density at radius 3 is 3.00 bits per heavy atom. The first kappa shape index (κ1) is 20.3. The van der Waals surface area contributed by atoms with Crippen molar-refractivity contribution < 1.29 is 14.3 Å². The van der Waals surface area contributed by atoms with Gasteiger partial charge in [-0.05, 0) is 62.2 Å². The summed E-state index contributed by atoms with van der Waals surface area (Å²) in [5.74, 6) is 0.253. The Bertz CT molecular complexity index is 918. The van der Waals surface area contributed by atoms with Crippen molar-refractivity contribution in [2.24, 2.45) is 0 Å². The van der Waals surface area contributed by atoms with Crippen LogP contribution in [0.5, 0.6) is 5.75 Å². The summed E-state index contributed by atoms with van der Waals surface area (Å²) in [6, 6.07) is 9.13. The van der Waals surface area contributed by atoms with Crippen LogP contribution in [0.25, 0.3) is 0 Å². The van der Waals surface area contributed by atoms with E-state index in [0.717, 1.165) is 24.8 Å². The molecule has 2 aromatic rings. The molecule has 0 radical (unpaired) electrons. The van der Waals surface area contributed by atoms with Gasteiger partial charge in [0.2, 0.25) is 0 Å². The number of nitriles is 1. The van der Waals surface area contributed by atoms with E-state index in [1.54, 1.807) is 24.3 Å². The van der Waals surface area contributed by atoms with Crippen molar-refractivity contribution in [3.8, 4) is 11.8 Å². The summed E-state index contributed by atoms with van der Waals surface area (Å²) in [6.07, 6.45) is 3.00. The zero-order valence-corrected chi connectivity index (χ0v) is 17.2. The fraction of sp³-hybridized carbons (Fsp3) is 0.350. The average Bonchev–Trinajstić information content (AvgIpc) is 3.26. The number of aryl methyl sites for hydroxylation is 1. The normalized spacial score (nSPS) is 12.1. The molecule has 3 rings (SSSR count). The molecule has 2 N–H and O–H groups in total. The number of hydrogen-bond donors (Lipinski definition) is 2. The minimum atomic E-state index is -0.338. The highest BCUT2D eigenvalue weighted by Gasteiger charge is 2.22. The van der Waals surface area contributed by atoms with Gasteiger partial charge in [0.25, 0.3) is 5.91 Å². The number of fused-ring (bicyclic) bond motifs is 1. The SMILES string of the molecule is CCOCCOc1cccc(C(=O)NC(=S)Nc2sc3c(c2C#N)CCC3)c1. The largest absolute Gasteiger partial charge is 0.491 e. The van der Waals surface area contributed by atoms with E-state index in [0.29, 0.717) is 41.7 Å². The van der Waals surface area contributed by atoms with Crippen LogP contribution in [-0.4, -0.2) is 30.8 Å². The Morgan fingerprint density at radius 2 is 2.21 bits per heavy atom. The molecule has 1 heterocycles. The zero-order chi connectivity index (χ0) is 19.9. The minimum absolute atomic E-state index is 0.170. The van der Waals surface area contributed by atoms with Crippen molar-refractivity contribution in [3.63, 3.8) is 0 Å².